The van der Waals surface area contributed by atoms with E-state index in [-0.39, 0.29) is 17.0 Å². The van der Waals surface area contributed by atoms with Gasteiger partial charge in [-0.25, -0.2) is 0 Å². The molecule has 1 fully saturated rings. The minimum Gasteiger partial charge on any atom is -0.477 e. The number of epoxide rings is 1. The number of nitrogens with zero attached hydrogens (tertiary/aromatic N) is 1. The summed E-state index contributed by atoms with van der Waals surface area (Å²) >= 11 is 3.46. The zero-order valence-corrected chi connectivity index (χ0v) is 15.2. The van der Waals surface area contributed by atoms with Crippen LogP contribution in [0.15, 0.2) is 28.7 Å². The van der Waals surface area contributed by atoms with Gasteiger partial charge in [0, 0.05) is 21.7 Å². The van der Waals surface area contributed by atoms with Crippen molar-refractivity contribution >= 4 is 15.9 Å². The molecule has 2 aliphatic rings. The van der Waals surface area contributed by atoms with E-state index in [2.05, 4.69) is 20.9 Å². The van der Waals surface area contributed by atoms with E-state index >= 15 is 0 Å². The van der Waals surface area contributed by atoms with Crippen molar-refractivity contribution in [2.45, 2.75) is 26.4 Å². The number of hydrogen-bond acceptors (Lipinski definition) is 4. The predicted octanol–water partition coefficient (Wildman–Crippen LogP) is 4.79. The Morgan fingerprint density at radius 3 is 2.71 bits per heavy atom. The van der Waals surface area contributed by atoms with Crippen molar-refractivity contribution in [1.29, 1.82) is 0 Å². The molecule has 2 aromatic rings. The lowest BCUT2D eigenvalue weighted by Crippen LogP contribution is -2.21. The smallest absolute Gasteiger partial charge is 0.259 e. The van der Waals surface area contributed by atoms with Crippen molar-refractivity contribution in [3.05, 3.63) is 45.8 Å². The topological polar surface area (TPSA) is 43.9 Å². The molecule has 0 amide bonds. The van der Waals surface area contributed by atoms with Gasteiger partial charge < -0.3 is 14.2 Å². The second-order valence-corrected chi connectivity index (χ2v) is 8.25. The number of halogens is 2. The van der Waals surface area contributed by atoms with Crippen molar-refractivity contribution in [2.24, 2.45) is 5.41 Å². The van der Waals surface area contributed by atoms with Gasteiger partial charge >= 0.3 is 0 Å². The predicted molar refractivity (Wildman–Crippen MR) is 90.1 cm³/mol. The fourth-order valence-electron chi connectivity index (χ4n) is 2.79. The minimum atomic E-state index is -0.681. The molecule has 3 heterocycles. The van der Waals surface area contributed by atoms with Gasteiger partial charge in [0.1, 0.15) is 11.4 Å². The minimum absolute atomic E-state index is 0.0458. The van der Waals surface area contributed by atoms with Gasteiger partial charge in [-0.3, -0.25) is 0 Å². The van der Waals surface area contributed by atoms with E-state index in [9.17, 15) is 4.39 Å². The van der Waals surface area contributed by atoms with E-state index in [1.165, 1.54) is 0 Å². The summed E-state index contributed by atoms with van der Waals surface area (Å²) in [5.41, 5.74) is 0.799. The van der Waals surface area contributed by atoms with E-state index in [4.69, 9.17) is 14.2 Å². The number of fused-ring (bicyclic) bond motifs is 4. The average Bonchev–Trinajstić information content (AvgIpc) is 3.28. The lowest BCUT2D eigenvalue weighted by atomic mass is 9.89. The number of aromatic nitrogens is 1. The molecule has 0 bridgehead atoms. The van der Waals surface area contributed by atoms with Crippen LogP contribution in [0.3, 0.4) is 0 Å². The number of benzene rings is 1. The molecule has 1 aromatic heterocycles. The summed E-state index contributed by atoms with van der Waals surface area (Å²) in [5, 5.41) is 0. The highest BCUT2D eigenvalue weighted by molar-refractivity contribution is 9.10. The zero-order valence-electron chi connectivity index (χ0n) is 13.7. The van der Waals surface area contributed by atoms with E-state index in [0.29, 0.717) is 24.5 Å². The number of pyridine rings is 1. The Hall–Kier alpha value is -1.66. The van der Waals surface area contributed by atoms with Gasteiger partial charge in [-0.05, 0) is 23.6 Å². The summed E-state index contributed by atoms with van der Waals surface area (Å²) in [6, 6.07) is 7.32. The van der Waals surface area contributed by atoms with Crippen molar-refractivity contribution in [1.82, 2.24) is 4.98 Å². The number of hydrogen-bond donors (Lipinski definition) is 0. The van der Waals surface area contributed by atoms with Gasteiger partial charge in [0.2, 0.25) is 5.88 Å². The Morgan fingerprint density at radius 1 is 1.29 bits per heavy atom. The molecular formula is C18H17BrFNO3. The Bertz CT molecular complexity index is 828. The first-order valence-corrected chi connectivity index (χ1v) is 8.53. The second-order valence-electron chi connectivity index (χ2n) is 7.34. The highest BCUT2D eigenvalue weighted by Gasteiger charge is 2.55. The Balaban J connectivity index is 1.77. The quantitative estimate of drug-likeness (QED) is 0.543. The lowest BCUT2D eigenvalue weighted by molar-refractivity contribution is 0.188. The number of ether oxygens (including phenoxy) is 3. The molecule has 0 N–H and O–H groups in total. The van der Waals surface area contributed by atoms with Gasteiger partial charge in [-0.2, -0.15) is 9.37 Å². The molecule has 1 aromatic carbocycles. The van der Waals surface area contributed by atoms with Crippen LogP contribution in [0.25, 0.3) is 0 Å². The summed E-state index contributed by atoms with van der Waals surface area (Å²) in [7, 11) is 0. The third kappa shape index (κ3) is 2.58. The Kier molecular flexibility index (Phi) is 3.41. The highest BCUT2D eigenvalue weighted by Crippen LogP contribution is 2.57. The fraction of sp³-hybridized carbons (Fsp3) is 0.389. The molecular weight excluding hydrogens is 377 g/mol. The molecule has 0 saturated carbocycles. The maximum atomic E-state index is 14.5. The van der Waals surface area contributed by atoms with Crippen LogP contribution < -0.4 is 9.47 Å². The maximum Gasteiger partial charge on any atom is 0.259 e. The molecule has 126 valence electrons. The zero-order chi connectivity index (χ0) is 17.1. The largest absolute Gasteiger partial charge is 0.477 e. The summed E-state index contributed by atoms with van der Waals surface area (Å²) in [5.74, 6) is 0.274. The molecule has 1 unspecified atom stereocenters. The van der Waals surface area contributed by atoms with Crippen LogP contribution in [-0.4, -0.2) is 18.2 Å². The summed E-state index contributed by atoms with van der Waals surface area (Å²) in [6.45, 7) is 7.06. The second kappa shape index (κ2) is 5.17. The molecule has 4 rings (SSSR count). The van der Waals surface area contributed by atoms with E-state index in [1.807, 2.05) is 32.9 Å². The SMILES string of the molecule is CC(C)(C)COc1cc2c(c(F)n1)Oc1ccc(Br)cc1C21CO1. The molecule has 1 spiro atoms. The molecule has 0 radical (unpaired) electrons. The van der Waals surface area contributed by atoms with Crippen LogP contribution in [0, 0.1) is 11.4 Å². The van der Waals surface area contributed by atoms with Gasteiger partial charge in [-0.1, -0.05) is 36.7 Å². The highest BCUT2D eigenvalue weighted by atomic mass is 79.9. The van der Waals surface area contributed by atoms with Crippen molar-refractivity contribution in [2.75, 3.05) is 13.2 Å². The van der Waals surface area contributed by atoms with Crippen LogP contribution in [0.4, 0.5) is 4.39 Å². The first kappa shape index (κ1) is 15.8. The monoisotopic (exact) mass is 393 g/mol. The summed E-state index contributed by atoms with van der Waals surface area (Å²) < 4.78 is 32.6. The van der Waals surface area contributed by atoms with Crippen LogP contribution in [0.2, 0.25) is 0 Å². The summed E-state index contributed by atoms with van der Waals surface area (Å²) in [6.07, 6.45) is 0. The van der Waals surface area contributed by atoms with Crippen LogP contribution >= 0.6 is 15.9 Å². The third-order valence-electron chi connectivity index (χ3n) is 4.02. The van der Waals surface area contributed by atoms with Crippen LogP contribution in [0.5, 0.6) is 17.4 Å². The van der Waals surface area contributed by atoms with E-state index < -0.39 is 11.5 Å². The molecule has 4 nitrogen and oxygen atoms in total. The van der Waals surface area contributed by atoms with Gasteiger partial charge in [0.25, 0.3) is 5.95 Å². The Morgan fingerprint density at radius 2 is 2.04 bits per heavy atom. The van der Waals surface area contributed by atoms with Gasteiger partial charge in [-0.15, -0.1) is 0 Å². The van der Waals surface area contributed by atoms with E-state index in [0.717, 1.165) is 10.0 Å². The maximum absolute atomic E-state index is 14.5. The lowest BCUT2D eigenvalue weighted by Gasteiger charge is -2.26. The normalized spacial score (nSPS) is 21.0. The van der Waals surface area contributed by atoms with E-state index in [1.54, 1.807) is 12.1 Å². The third-order valence-corrected chi connectivity index (χ3v) is 4.51. The Labute approximate surface area is 148 Å². The van der Waals surface area contributed by atoms with Gasteiger partial charge in [0.05, 0.1) is 13.2 Å². The number of rotatable bonds is 2. The standard InChI is InChI=1S/C18H17BrFNO3/c1-17(2,3)8-22-14-7-12-15(16(20)21-14)24-13-5-4-10(19)6-11(13)18(12)9-23-18/h4-7H,8-9H2,1-3H3. The molecule has 6 heteroatoms. The first-order chi connectivity index (χ1) is 11.3. The fourth-order valence-corrected chi connectivity index (χ4v) is 3.15. The average molecular weight is 394 g/mol. The molecule has 1 saturated heterocycles. The van der Waals surface area contributed by atoms with Gasteiger partial charge in [0.15, 0.2) is 5.75 Å². The molecule has 24 heavy (non-hydrogen) atoms. The van der Waals surface area contributed by atoms with Crippen molar-refractivity contribution < 1.29 is 18.6 Å². The summed E-state index contributed by atoms with van der Waals surface area (Å²) in [4.78, 5) is 3.89. The first-order valence-electron chi connectivity index (χ1n) is 7.74. The molecule has 2 aliphatic heterocycles. The van der Waals surface area contributed by atoms with Crippen molar-refractivity contribution in [3.8, 4) is 17.4 Å². The van der Waals surface area contributed by atoms with Crippen LogP contribution in [0.1, 0.15) is 31.9 Å². The molecule has 0 aliphatic carbocycles. The van der Waals surface area contributed by atoms with Crippen molar-refractivity contribution in [3.63, 3.8) is 0 Å². The van der Waals surface area contributed by atoms with Crippen LogP contribution in [-0.2, 0) is 10.3 Å². The molecule has 1 atom stereocenters.